The average Bonchev–Trinajstić information content (AvgIpc) is 3.17. The summed E-state index contributed by atoms with van der Waals surface area (Å²) in [6.45, 7) is 10.1. The first kappa shape index (κ1) is 27.7. The highest BCUT2D eigenvalue weighted by Gasteiger charge is 2.39. The normalized spacial score (nSPS) is 18.6. The Kier molecular flexibility index (Phi) is 8.35. The lowest BCUT2D eigenvalue weighted by Gasteiger charge is -2.33. The molecule has 1 aromatic heterocycles. The van der Waals surface area contributed by atoms with Crippen LogP contribution in [0.5, 0.6) is 0 Å². The van der Waals surface area contributed by atoms with Crippen molar-refractivity contribution in [3.05, 3.63) is 75.0 Å². The molecule has 0 aliphatic carbocycles. The topological polar surface area (TPSA) is 79.4 Å². The number of hydrogen-bond donors (Lipinski definition) is 2. The fourth-order valence-corrected chi connectivity index (χ4v) is 6.28. The van der Waals surface area contributed by atoms with Gasteiger partial charge in [0.1, 0.15) is 0 Å². The number of amides is 1. The van der Waals surface area contributed by atoms with E-state index < -0.39 is 5.41 Å². The van der Waals surface area contributed by atoms with E-state index >= 15 is 0 Å². The number of rotatable bonds is 9. The first-order valence-corrected chi connectivity index (χ1v) is 14.6. The summed E-state index contributed by atoms with van der Waals surface area (Å²) < 4.78 is 6.17. The molecule has 1 amide bonds. The van der Waals surface area contributed by atoms with Crippen LogP contribution in [0.1, 0.15) is 60.6 Å². The monoisotopic (exact) mass is 591 g/mol. The van der Waals surface area contributed by atoms with E-state index in [2.05, 4.69) is 67.6 Å². The Balaban J connectivity index is 1.27. The number of benzene rings is 2. The van der Waals surface area contributed by atoms with Crippen molar-refractivity contribution in [3.8, 4) is 0 Å². The van der Waals surface area contributed by atoms with E-state index in [0.29, 0.717) is 11.9 Å². The molecule has 2 aliphatic rings. The van der Waals surface area contributed by atoms with Crippen LogP contribution in [0.4, 0.5) is 17.3 Å². The fourth-order valence-electron chi connectivity index (χ4n) is 5.89. The fraction of sp³-hybridized carbons (Fsp3) is 0.452. The molecule has 3 heterocycles. The molecule has 0 saturated carbocycles. The Morgan fingerprint density at radius 1 is 1.23 bits per heavy atom. The van der Waals surface area contributed by atoms with Gasteiger partial charge in [-0.25, -0.2) is 9.97 Å². The van der Waals surface area contributed by atoms with E-state index in [9.17, 15) is 4.79 Å². The second kappa shape index (κ2) is 11.7. The Morgan fingerprint density at radius 3 is 2.87 bits per heavy atom. The van der Waals surface area contributed by atoms with E-state index in [1.54, 1.807) is 7.11 Å². The molecule has 39 heavy (non-hydrogen) atoms. The van der Waals surface area contributed by atoms with Gasteiger partial charge in [-0.3, -0.25) is 4.79 Å². The Labute approximate surface area is 239 Å². The Hall–Kier alpha value is -2.81. The number of fused-ring (bicyclic) bond motifs is 1. The summed E-state index contributed by atoms with van der Waals surface area (Å²) >= 11 is 3.64. The molecule has 206 valence electrons. The van der Waals surface area contributed by atoms with Crippen molar-refractivity contribution >= 4 is 39.2 Å². The molecule has 1 unspecified atom stereocenters. The number of hydrogen-bond acceptors (Lipinski definition) is 6. The zero-order valence-electron chi connectivity index (χ0n) is 23.3. The van der Waals surface area contributed by atoms with Gasteiger partial charge >= 0.3 is 0 Å². The van der Waals surface area contributed by atoms with Crippen LogP contribution in [0.2, 0.25) is 0 Å². The first-order chi connectivity index (χ1) is 18.8. The molecule has 3 aromatic rings. The molecule has 1 atom stereocenters. The number of carbonyl (C=O) groups excluding carboxylic acids is 1. The van der Waals surface area contributed by atoms with E-state index in [0.717, 1.165) is 66.2 Å². The average molecular weight is 593 g/mol. The van der Waals surface area contributed by atoms with E-state index in [-0.39, 0.29) is 5.91 Å². The van der Waals surface area contributed by atoms with Crippen LogP contribution in [0, 0.1) is 6.92 Å². The second-order valence-corrected chi connectivity index (χ2v) is 12.1. The van der Waals surface area contributed by atoms with Crippen LogP contribution in [0.3, 0.4) is 0 Å². The molecule has 7 nitrogen and oxygen atoms in total. The summed E-state index contributed by atoms with van der Waals surface area (Å²) in [4.78, 5) is 24.4. The lowest BCUT2D eigenvalue weighted by atomic mass is 9.82. The largest absolute Gasteiger partial charge is 0.383 e. The molecule has 8 heteroatoms. The summed E-state index contributed by atoms with van der Waals surface area (Å²) in [6, 6.07) is 12.8. The number of anilines is 3. The second-order valence-electron chi connectivity index (χ2n) is 11.2. The van der Waals surface area contributed by atoms with Crippen LogP contribution >= 0.6 is 15.9 Å². The van der Waals surface area contributed by atoms with Crippen LogP contribution in [-0.2, 0) is 27.8 Å². The molecule has 0 spiro atoms. The maximum absolute atomic E-state index is 12.5. The zero-order valence-corrected chi connectivity index (χ0v) is 24.9. The van der Waals surface area contributed by atoms with Crippen molar-refractivity contribution < 1.29 is 9.53 Å². The highest BCUT2D eigenvalue weighted by Crippen LogP contribution is 2.40. The summed E-state index contributed by atoms with van der Waals surface area (Å²) in [6.07, 6.45) is 5.78. The number of nitrogens with zero attached hydrogens (tertiary/aromatic N) is 3. The number of nitrogens with one attached hydrogen (secondary N) is 2. The lowest BCUT2D eigenvalue weighted by molar-refractivity contribution is -0.119. The van der Waals surface area contributed by atoms with Crippen molar-refractivity contribution in [2.24, 2.45) is 0 Å². The quantitative estimate of drug-likeness (QED) is 0.311. The van der Waals surface area contributed by atoms with E-state index in [4.69, 9.17) is 9.72 Å². The number of ether oxygens (including phenoxy) is 1. The number of aryl methyl sites for hydroxylation is 3. The molecule has 0 radical (unpaired) electrons. The predicted molar refractivity (Wildman–Crippen MR) is 160 cm³/mol. The van der Waals surface area contributed by atoms with E-state index in [1.165, 1.54) is 29.5 Å². The number of carbonyl (C=O) groups is 1. The minimum absolute atomic E-state index is 0.0490. The van der Waals surface area contributed by atoms with Gasteiger partial charge in [-0.2, -0.15) is 0 Å². The SMILES string of the molecule is COCCN1CCCC(c2ccc(Nc3ncc(Br)c(CCc4cccc5c4C(C)(C)C(=O)N5)n3)c(C)c2)C1. The summed E-state index contributed by atoms with van der Waals surface area (Å²) in [5, 5.41) is 6.46. The number of halogens is 1. The number of aromatic nitrogens is 2. The molecule has 0 bridgehead atoms. The van der Waals surface area contributed by atoms with Gasteiger partial charge in [-0.05, 0) is 109 Å². The summed E-state index contributed by atoms with van der Waals surface area (Å²) in [5.74, 6) is 1.18. The number of methoxy groups -OCH3 is 1. The molecule has 1 saturated heterocycles. The van der Waals surface area contributed by atoms with Gasteiger partial charge in [-0.1, -0.05) is 24.3 Å². The van der Waals surface area contributed by atoms with Gasteiger partial charge in [-0.15, -0.1) is 0 Å². The third kappa shape index (κ3) is 6.03. The van der Waals surface area contributed by atoms with Gasteiger partial charge in [0.25, 0.3) is 0 Å². The van der Waals surface area contributed by atoms with Gasteiger partial charge in [0, 0.05) is 37.8 Å². The maximum Gasteiger partial charge on any atom is 0.234 e. The van der Waals surface area contributed by atoms with Crippen molar-refractivity contribution in [2.75, 3.05) is 44.0 Å². The molecule has 5 rings (SSSR count). The van der Waals surface area contributed by atoms with Crippen LogP contribution < -0.4 is 10.6 Å². The Morgan fingerprint density at radius 2 is 2.08 bits per heavy atom. The van der Waals surface area contributed by atoms with Crippen LogP contribution in [0.15, 0.2) is 47.1 Å². The summed E-state index contributed by atoms with van der Waals surface area (Å²) in [5.41, 5.74) is 7.18. The Bertz CT molecular complexity index is 1360. The number of likely N-dealkylation sites (tertiary alicyclic amines) is 1. The first-order valence-electron chi connectivity index (χ1n) is 13.8. The predicted octanol–water partition coefficient (Wildman–Crippen LogP) is 6.13. The third-order valence-corrected chi connectivity index (χ3v) is 8.79. The maximum atomic E-state index is 12.5. The zero-order chi connectivity index (χ0) is 27.6. The molecular formula is C31H38BrN5O2. The van der Waals surface area contributed by atoms with Gasteiger partial charge in [0.2, 0.25) is 11.9 Å². The minimum Gasteiger partial charge on any atom is -0.383 e. The van der Waals surface area contributed by atoms with Gasteiger partial charge < -0.3 is 20.3 Å². The van der Waals surface area contributed by atoms with Gasteiger partial charge in [0.05, 0.1) is 22.2 Å². The van der Waals surface area contributed by atoms with Crippen LogP contribution in [0.25, 0.3) is 0 Å². The molecule has 2 aliphatic heterocycles. The molecule has 2 N–H and O–H groups in total. The third-order valence-electron chi connectivity index (χ3n) is 8.12. The standard InChI is InChI=1S/C31H38BrN5O2/c1-20-17-22(23-8-6-14-37(19-23)15-16-39-4)11-12-25(20)35-30-33-18-24(32)26(36-30)13-10-21-7-5-9-27-28(21)31(2,3)29(38)34-27/h5,7,9,11-12,17-18,23H,6,8,10,13-16,19H2,1-4H3,(H,34,38)(H,33,35,36). The highest BCUT2D eigenvalue weighted by atomic mass is 79.9. The molecule has 1 fully saturated rings. The van der Waals surface area contributed by atoms with Crippen molar-refractivity contribution in [1.82, 2.24) is 14.9 Å². The van der Waals surface area contributed by atoms with Gasteiger partial charge in [0.15, 0.2) is 0 Å². The molecular weight excluding hydrogens is 554 g/mol. The van der Waals surface area contributed by atoms with Crippen molar-refractivity contribution in [3.63, 3.8) is 0 Å². The molecule has 2 aromatic carbocycles. The number of piperidine rings is 1. The lowest BCUT2D eigenvalue weighted by Crippen LogP contribution is -2.36. The van der Waals surface area contributed by atoms with Crippen molar-refractivity contribution in [2.45, 2.75) is 57.8 Å². The van der Waals surface area contributed by atoms with E-state index in [1.807, 2.05) is 32.2 Å². The summed E-state index contributed by atoms with van der Waals surface area (Å²) in [7, 11) is 1.77. The van der Waals surface area contributed by atoms with Crippen LogP contribution in [-0.4, -0.2) is 54.1 Å². The highest BCUT2D eigenvalue weighted by molar-refractivity contribution is 9.10. The van der Waals surface area contributed by atoms with Crippen molar-refractivity contribution in [1.29, 1.82) is 0 Å². The minimum atomic E-state index is -0.537. The smallest absolute Gasteiger partial charge is 0.234 e.